The van der Waals surface area contributed by atoms with Gasteiger partial charge in [0.25, 0.3) is 0 Å². The van der Waals surface area contributed by atoms with Crippen LogP contribution in [0.25, 0.3) is 11.4 Å². The molecule has 27 heavy (non-hydrogen) atoms. The second kappa shape index (κ2) is 9.58. The topological polar surface area (TPSA) is 59.8 Å². The summed E-state index contributed by atoms with van der Waals surface area (Å²) in [5, 5.41) is 13.0. The quantitative estimate of drug-likeness (QED) is 0.574. The van der Waals surface area contributed by atoms with Crippen LogP contribution in [-0.4, -0.2) is 33.0 Å². The summed E-state index contributed by atoms with van der Waals surface area (Å²) in [6.45, 7) is 3.35. The molecule has 0 radical (unpaired) electrons. The fourth-order valence-corrected chi connectivity index (χ4v) is 3.46. The Morgan fingerprint density at radius 1 is 1.11 bits per heavy atom. The second-order valence-corrected chi connectivity index (χ2v) is 7.40. The summed E-state index contributed by atoms with van der Waals surface area (Å²) in [6, 6.07) is 17.7. The monoisotopic (exact) mass is 400 g/mol. The van der Waals surface area contributed by atoms with E-state index in [-0.39, 0.29) is 5.91 Å². The third kappa shape index (κ3) is 5.34. The summed E-state index contributed by atoms with van der Waals surface area (Å²) in [7, 11) is 0. The van der Waals surface area contributed by atoms with E-state index in [2.05, 4.69) is 27.6 Å². The molecule has 0 aliphatic heterocycles. The molecule has 0 atom stereocenters. The maximum Gasteiger partial charge on any atom is 0.230 e. The molecule has 2 aromatic carbocycles. The van der Waals surface area contributed by atoms with Gasteiger partial charge in [-0.25, -0.2) is 0 Å². The van der Waals surface area contributed by atoms with Crippen molar-refractivity contribution in [2.75, 3.05) is 12.3 Å². The van der Waals surface area contributed by atoms with Crippen LogP contribution in [0, 0.1) is 0 Å². The molecule has 0 bridgehead atoms. The summed E-state index contributed by atoms with van der Waals surface area (Å²) in [6.07, 6.45) is 0.918. The molecule has 0 saturated carbocycles. The van der Waals surface area contributed by atoms with Gasteiger partial charge in [0.05, 0.1) is 12.3 Å². The first kappa shape index (κ1) is 19.5. The van der Waals surface area contributed by atoms with Crippen LogP contribution in [0.2, 0.25) is 5.02 Å². The molecule has 0 aliphatic carbocycles. The van der Waals surface area contributed by atoms with Crippen molar-refractivity contribution in [2.24, 2.45) is 0 Å². The molecule has 0 unspecified atom stereocenters. The Morgan fingerprint density at radius 3 is 2.56 bits per heavy atom. The van der Waals surface area contributed by atoms with Crippen LogP contribution < -0.4 is 5.32 Å². The van der Waals surface area contributed by atoms with Crippen molar-refractivity contribution in [3.05, 3.63) is 65.2 Å². The number of benzene rings is 2. The Morgan fingerprint density at radius 2 is 1.85 bits per heavy atom. The van der Waals surface area contributed by atoms with E-state index in [0.717, 1.165) is 28.5 Å². The zero-order chi connectivity index (χ0) is 19.1. The molecule has 3 rings (SSSR count). The van der Waals surface area contributed by atoms with Gasteiger partial charge >= 0.3 is 0 Å². The number of carbonyl (C=O) groups is 1. The third-order valence-electron chi connectivity index (χ3n) is 3.91. The van der Waals surface area contributed by atoms with Crippen molar-refractivity contribution in [1.29, 1.82) is 0 Å². The Kier molecular flexibility index (Phi) is 6.90. The van der Waals surface area contributed by atoms with Crippen LogP contribution in [-0.2, 0) is 11.3 Å². The summed E-state index contributed by atoms with van der Waals surface area (Å²) in [4.78, 5) is 12.0. The van der Waals surface area contributed by atoms with Gasteiger partial charge in [0, 0.05) is 17.1 Å². The zero-order valence-corrected chi connectivity index (χ0v) is 16.6. The van der Waals surface area contributed by atoms with E-state index >= 15 is 0 Å². The average Bonchev–Trinajstić information content (AvgIpc) is 3.08. The van der Waals surface area contributed by atoms with Gasteiger partial charge in [-0.1, -0.05) is 60.6 Å². The van der Waals surface area contributed by atoms with Crippen molar-refractivity contribution in [3.8, 4) is 11.4 Å². The van der Waals surface area contributed by atoms with E-state index in [1.165, 1.54) is 11.8 Å². The molecule has 1 amide bonds. The number of nitrogens with one attached hydrogen (secondary N) is 1. The van der Waals surface area contributed by atoms with Crippen molar-refractivity contribution < 1.29 is 4.79 Å². The van der Waals surface area contributed by atoms with Gasteiger partial charge in [0.2, 0.25) is 5.91 Å². The molecule has 0 aliphatic rings. The van der Waals surface area contributed by atoms with E-state index in [0.29, 0.717) is 23.9 Å². The highest BCUT2D eigenvalue weighted by atomic mass is 35.5. The Hall–Kier alpha value is -2.31. The lowest BCUT2D eigenvalue weighted by atomic mass is 10.2. The predicted octanol–water partition coefficient (Wildman–Crippen LogP) is 4.27. The first-order valence-electron chi connectivity index (χ1n) is 8.80. The summed E-state index contributed by atoms with van der Waals surface area (Å²) >= 11 is 7.40. The lowest BCUT2D eigenvalue weighted by Crippen LogP contribution is -2.25. The normalized spacial score (nSPS) is 10.7. The number of nitrogens with zero attached hydrogens (tertiary/aromatic N) is 3. The van der Waals surface area contributed by atoms with Crippen molar-refractivity contribution in [3.63, 3.8) is 0 Å². The van der Waals surface area contributed by atoms with Gasteiger partial charge < -0.3 is 5.32 Å². The predicted molar refractivity (Wildman–Crippen MR) is 110 cm³/mol. The minimum absolute atomic E-state index is 0.00385. The van der Waals surface area contributed by atoms with Crippen molar-refractivity contribution >= 4 is 29.3 Å². The molecule has 1 aromatic heterocycles. The van der Waals surface area contributed by atoms with Crippen molar-refractivity contribution in [2.45, 2.75) is 25.0 Å². The van der Waals surface area contributed by atoms with Gasteiger partial charge in [-0.15, -0.1) is 10.2 Å². The Labute approximate surface area is 168 Å². The third-order valence-corrected chi connectivity index (χ3v) is 5.13. The molecule has 0 saturated heterocycles. The summed E-state index contributed by atoms with van der Waals surface area (Å²) in [5.41, 5.74) is 2.08. The van der Waals surface area contributed by atoms with Crippen LogP contribution in [0.1, 0.15) is 18.9 Å². The summed E-state index contributed by atoms with van der Waals surface area (Å²) in [5.74, 6) is 1.07. The highest BCUT2D eigenvalue weighted by Gasteiger charge is 2.16. The number of rotatable bonds is 8. The van der Waals surface area contributed by atoms with E-state index in [1.54, 1.807) is 0 Å². The SMILES string of the molecule is CCCNC(=O)CSc1nnc(-c2ccc(Cl)cc2)n1Cc1ccccc1. The van der Waals surface area contributed by atoms with Gasteiger partial charge in [-0.05, 0) is 36.2 Å². The minimum Gasteiger partial charge on any atom is -0.355 e. The molecular weight excluding hydrogens is 380 g/mol. The number of hydrogen-bond donors (Lipinski definition) is 1. The van der Waals surface area contributed by atoms with Crippen LogP contribution in [0.3, 0.4) is 0 Å². The van der Waals surface area contributed by atoms with Crippen LogP contribution >= 0.6 is 23.4 Å². The Bertz CT molecular complexity index is 881. The fourth-order valence-electron chi connectivity index (χ4n) is 2.56. The average molecular weight is 401 g/mol. The minimum atomic E-state index is 0.00385. The number of carbonyl (C=O) groups excluding carboxylic acids is 1. The van der Waals surface area contributed by atoms with Gasteiger partial charge in [-0.2, -0.15) is 0 Å². The molecule has 1 N–H and O–H groups in total. The van der Waals surface area contributed by atoms with Crippen LogP contribution in [0.4, 0.5) is 0 Å². The van der Waals surface area contributed by atoms with Gasteiger partial charge in [0.15, 0.2) is 11.0 Å². The number of halogens is 1. The molecule has 3 aromatic rings. The lowest BCUT2D eigenvalue weighted by molar-refractivity contribution is -0.118. The van der Waals surface area contributed by atoms with Crippen LogP contribution in [0.5, 0.6) is 0 Å². The van der Waals surface area contributed by atoms with E-state index < -0.39 is 0 Å². The maximum absolute atomic E-state index is 12.0. The second-order valence-electron chi connectivity index (χ2n) is 6.02. The van der Waals surface area contributed by atoms with Crippen molar-refractivity contribution in [1.82, 2.24) is 20.1 Å². The first-order chi connectivity index (χ1) is 13.2. The number of thioether (sulfide) groups is 1. The summed E-state index contributed by atoms with van der Waals surface area (Å²) < 4.78 is 2.04. The van der Waals surface area contributed by atoms with Crippen LogP contribution in [0.15, 0.2) is 59.8 Å². The molecule has 7 heteroatoms. The molecule has 1 heterocycles. The molecule has 0 fully saturated rings. The highest BCUT2D eigenvalue weighted by Crippen LogP contribution is 2.26. The molecule has 140 valence electrons. The van der Waals surface area contributed by atoms with E-state index in [1.807, 2.05) is 54.0 Å². The first-order valence-corrected chi connectivity index (χ1v) is 10.2. The highest BCUT2D eigenvalue weighted by molar-refractivity contribution is 7.99. The molecule has 0 spiro atoms. The number of aromatic nitrogens is 3. The molecular formula is C20H21ClN4OS. The maximum atomic E-state index is 12.0. The van der Waals surface area contributed by atoms with Gasteiger partial charge in [0.1, 0.15) is 0 Å². The Balaban J connectivity index is 1.86. The largest absolute Gasteiger partial charge is 0.355 e. The lowest BCUT2D eigenvalue weighted by Gasteiger charge is -2.11. The van der Waals surface area contributed by atoms with Gasteiger partial charge in [-0.3, -0.25) is 9.36 Å². The van der Waals surface area contributed by atoms with E-state index in [9.17, 15) is 4.79 Å². The zero-order valence-electron chi connectivity index (χ0n) is 15.1. The smallest absolute Gasteiger partial charge is 0.230 e. The standard InChI is InChI=1S/C20H21ClN4OS/c1-2-12-22-18(26)14-27-20-24-23-19(16-8-10-17(21)11-9-16)25(20)13-15-6-4-3-5-7-15/h3-11H,2,12-14H2,1H3,(H,22,26). The molecule has 5 nitrogen and oxygen atoms in total. The number of amides is 1. The number of hydrogen-bond acceptors (Lipinski definition) is 4. The van der Waals surface area contributed by atoms with E-state index in [4.69, 9.17) is 11.6 Å². The fraction of sp³-hybridized carbons (Fsp3) is 0.250.